The number of benzene rings is 1. The van der Waals surface area contributed by atoms with Crippen molar-refractivity contribution in [2.45, 2.75) is 58.2 Å². The van der Waals surface area contributed by atoms with Crippen LogP contribution in [0.5, 0.6) is 0 Å². The lowest BCUT2D eigenvalue weighted by molar-refractivity contribution is 0.0384. The Morgan fingerprint density at radius 2 is 1.78 bits per heavy atom. The fraction of sp³-hybridized carbons (Fsp3) is 0.625. The van der Waals surface area contributed by atoms with Gasteiger partial charge in [0, 0.05) is 11.6 Å². The third-order valence-electron chi connectivity index (χ3n) is 3.96. The maximum absolute atomic E-state index is 6.39. The summed E-state index contributed by atoms with van der Waals surface area (Å²) in [6.07, 6.45) is 2.34. The maximum Gasteiger partial charge on any atom is 0.0504 e. The molecule has 0 radical (unpaired) electrons. The van der Waals surface area contributed by atoms with E-state index in [0.29, 0.717) is 6.04 Å². The molecule has 2 unspecified atom stereocenters. The normalized spacial score (nSPS) is 26.3. The molecule has 2 rings (SSSR count). The Morgan fingerprint density at radius 1 is 1.17 bits per heavy atom. The number of nitrogens with zero attached hydrogens (tertiary/aromatic N) is 1. The van der Waals surface area contributed by atoms with E-state index in [-0.39, 0.29) is 11.6 Å². The van der Waals surface area contributed by atoms with Crippen molar-refractivity contribution < 1.29 is 0 Å². The Balaban J connectivity index is 2.33. The van der Waals surface area contributed by atoms with Crippen molar-refractivity contribution in [1.29, 1.82) is 0 Å². The Hall–Kier alpha value is -0.860. The van der Waals surface area contributed by atoms with Crippen molar-refractivity contribution in [2.24, 2.45) is 5.73 Å². The summed E-state index contributed by atoms with van der Waals surface area (Å²) in [5, 5.41) is 0. The van der Waals surface area contributed by atoms with Gasteiger partial charge in [-0.05, 0) is 52.6 Å². The lowest BCUT2D eigenvalue weighted by Gasteiger charge is -2.47. The SMILES string of the molecule is Cc1ccc(C2C(N)CCCN2C(C)(C)C)cc1. The van der Waals surface area contributed by atoms with E-state index in [2.05, 4.69) is 56.9 Å². The highest BCUT2D eigenvalue weighted by molar-refractivity contribution is 5.26. The third kappa shape index (κ3) is 2.76. The second-order valence-electron chi connectivity index (χ2n) is 6.53. The highest BCUT2D eigenvalue weighted by Crippen LogP contribution is 2.35. The van der Waals surface area contributed by atoms with Crippen molar-refractivity contribution >= 4 is 0 Å². The quantitative estimate of drug-likeness (QED) is 0.824. The molecule has 1 aromatic rings. The molecule has 1 aromatic carbocycles. The summed E-state index contributed by atoms with van der Waals surface area (Å²) in [6.45, 7) is 10.1. The van der Waals surface area contributed by atoms with Gasteiger partial charge in [-0.3, -0.25) is 4.90 Å². The Morgan fingerprint density at radius 3 is 2.33 bits per heavy atom. The van der Waals surface area contributed by atoms with Crippen LogP contribution in [0.1, 0.15) is 50.8 Å². The summed E-state index contributed by atoms with van der Waals surface area (Å²) < 4.78 is 0. The van der Waals surface area contributed by atoms with Gasteiger partial charge in [-0.25, -0.2) is 0 Å². The molecule has 2 nitrogen and oxygen atoms in total. The van der Waals surface area contributed by atoms with Crippen LogP contribution in [0, 0.1) is 6.92 Å². The molecule has 1 saturated heterocycles. The minimum absolute atomic E-state index is 0.174. The van der Waals surface area contributed by atoms with Gasteiger partial charge >= 0.3 is 0 Å². The van der Waals surface area contributed by atoms with Crippen LogP contribution in [-0.4, -0.2) is 23.0 Å². The number of aryl methyl sites for hydroxylation is 1. The van der Waals surface area contributed by atoms with Gasteiger partial charge in [-0.2, -0.15) is 0 Å². The number of piperidine rings is 1. The van der Waals surface area contributed by atoms with E-state index < -0.39 is 0 Å². The first-order valence-corrected chi connectivity index (χ1v) is 6.98. The highest BCUT2D eigenvalue weighted by atomic mass is 15.2. The summed E-state index contributed by atoms with van der Waals surface area (Å²) in [6, 6.07) is 9.48. The Labute approximate surface area is 111 Å². The summed E-state index contributed by atoms with van der Waals surface area (Å²) >= 11 is 0. The minimum Gasteiger partial charge on any atom is -0.326 e. The van der Waals surface area contributed by atoms with Crippen molar-refractivity contribution in [2.75, 3.05) is 6.54 Å². The fourth-order valence-corrected chi connectivity index (χ4v) is 2.97. The minimum atomic E-state index is 0.174. The first-order chi connectivity index (χ1) is 8.39. The number of likely N-dealkylation sites (tertiary alicyclic amines) is 1. The molecule has 1 aliphatic rings. The topological polar surface area (TPSA) is 29.3 Å². The largest absolute Gasteiger partial charge is 0.326 e. The zero-order chi connectivity index (χ0) is 13.3. The van der Waals surface area contributed by atoms with Crippen LogP contribution in [0.2, 0.25) is 0 Å². The summed E-state index contributed by atoms with van der Waals surface area (Å²) in [7, 11) is 0. The molecule has 0 saturated carbocycles. The third-order valence-corrected chi connectivity index (χ3v) is 3.96. The molecule has 18 heavy (non-hydrogen) atoms. The van der Waals surface area contributed by atoms with E-state index in [1.807, 2.05) is 0 Å². The summed E-state index contributed by atoms with van der Waals surface area (Å²) in [5.74, 6) is 0. The van der Waals surface area contributed by atoms with Crippen LogP contribution in [0.25, 0.3) is 0 Å². The highest BCUT2D eigenvalue weighted by Gasteiger charge is 2.36. The van der Waals surface area contributed by atoms with E-state index in [0.717, 1.165) is 13.0 Å². The number of nitrogens with two attached hydrogens (primary N) is 1. The fourth-order valence-electron chi connectivity index (χ4n) is 2.97. The standard InChI is InChI=1S/C16H26N2/c1-12-7-9-13(10-8-12)15-14(17)6-5-11-18(15)16(2,3)4/h7-10,14-15H,5-6,11,17H2,1-4H3. The summed E-state index contributed by atoms with van der Waals surface area (Å²) in [5.41, 5.74) is 9.24. The Bertz CT molecular complexity index is 389. The van der Waals surface area contributed by atoms with Gasteiger partial charge < -0.3 is 5.73 Å². The molecule has 100 valence electrons. The van der Waals surface area contributed by atoms with Gasteiger partial charge in [0.25, 0.3) is 0 Å². The first kappa shape index (κ1) is 13.6. The van der Waals surface area contributed by atoms with Crippen LogP contribution in [-0.2, 0) is 0 Å². The molecule has 0 spiro atoms. The zero-order valence-electron chi connectivity index (χ0n) is 12.1. The van der Waals surface area contributed by atoms with Gasteiger partial charge in [0.05, 0.1) is 6.04 Å². The molecule has 2 heteroatoms. The smallest absolute Gasteiger partial charge is 0.0504 e. The van der Waals surface area contributed by atoms with Crippen LogP contribution >= 0.6 is 0 Å². The van der Waals surface area contributed by atoms with Crippen molar-refractivity contribution in [3.05, 3.63) is 35.4 Å². The molecule has 0 aromatic heterocycles. The van der Waals surface area contributed by atoms with E-state index in [9.17, 15) is 0 Å². The predicted octanol–water partition coefficient (Wildman–Crippen LogP) is 3.26. The van der Waals surface area contributed by atoms with E-state index in [4.69, 9.17) is 5.73 Å². The van der Waals surface area contributed by atoms with Gasteiger partial charge in [-0.1, -0.05) is 29.8 Å². The molecule has 1 aliphatic heterocycles. The molecule has 0 amide bonds. The maximum atomic E-state index is 6.39. The van der Waals surface area contributed by atoms with Crippen LogP contribution < -0.4 is 5.73 Å². The lowest BCUT2D eigenvalue weighted by atomic mass is 9.87. The molecular formula is C16H26N2. The molecule has 1 fully saturated rings. The van der Waals surface area contributed by atoms with Crippen molar-refractivity contribution in [3.8, 4) is 0 Å². The monoisotopic (exact) mass is 246 g/mol. The first-order valence-electron chi connectivity index (χ1n) is 6.98. The summed E-state index contributed by atoms with van der Waals surface area (Å²) in [4.78, 5) is 2.56. The molecule has 0 bridgehead atoms. The molecule has 2 atom stereocenters. The van der Waals surface area contributed by atoms with Crippen LogP contribution in [0.15, 0.2) is 24.3 Å². The van der Waals surface area contributed by atoms with E-state index in [1.54, 1.807) is 0 Å². The molecule has 0 aliphatic carbocycles. The van der Waals surface area contributed by atoms with Crippen LogP contribution in [0.4, 0.5) is 0 Å². The average Bonchev–Trinajstić information content (AvgIpc) is 2.29. The second kappa shape index (κ2) is 5.02. The lowest BCUT2D eigenvalue weighted by Crippen LogP contribution is -2.53. The number of rotatable bonds is 1. The van der Waals surface area contributed by atoms with E-state index in [1.165, 1.54) is 17.5 Å². The molecule has 1 heterocycles. The predicted molar refractivity (Wildman–Crippen MR) is 77.6 cm³/mol. The number of hydrogen-bond donors (Lipinski definition) is 1. The Kier molecular flexibility index (Phi) is 3.79. The van der Waals surface area contributed by atoms with Crippen molar-refractivity contribution in [1.82, 2.24) is 4.90 Å². The van der Waals surface area contributed by atoms with Gasteiger partial charge in [-0.15, -0.1) is 0 Å². The molecular weight excluding hydrogens is 220 g/mol. The van der Waals surface area contributed by atoms with Gasteiger partial charge in [0.1, 0.15) is 0 Å². The number of hydrogen-bond acceptors (Lipinski definition) is 2. The van der Waals surface area contributed by atoms with Gasteiger partial charge in [0.2, 0.25) is 0 Å². The van der Waals surface area contributed by atoms with Crippen LogP contribution in [0.3, 0.4) is 0 Å². The molecule has 2 N–H and O–H groups in total. The average molecular weight is 246 g/mol. The van der Waals surface area contributed by atoms with Crippen molar-refractivity contribution in [3.63, 3.8) is 0 Å². The second-order valence-corrected chi connectivity index (χ2v) is 6.53. The zero-order valence-corrected chi connectivity index (χ0v) is 12.1. The van der Waals surface area contributed by atoms with Gasteiger partial charge in [0.15, 0.2) is 0 Å². The van der Waals surface area contributed by atoms with E-state index >= 15 is 0 Å².